The first kappa shape index (κ1) is 14.5. The second kappa shape index (κ2) is 6.53. The van der Waals surface area contributed by atoms with Crippen LogP contribution in [0.1, 0.15) is 16.0 Å². The molecule has 0 spiro atoms. The standard InChI is InChI=1S/C15H13Br2FO/c1-19-15-5-3-2-4-10(15)8-13(17)12-7-6-11(16)9-14(12)18/h2-7,9,13H,8H2,1H3. The van der Waals surface area contributed by atoms with Crippen LogP contribution in [0.15, 0.2) is 46.9 Å². The molecule has 1 unspecified atom stereocenters. The molecule has 0 saturated heterocycles. The van der Waals surface area contributed by atoms with Crippen molar-refractivity contribution in [2.45, 2.75) is 11.2 Å². The Morgan fingerprint density at radius 3 is 2.63 bits per heavy atom. The van der Waals surface area contributed by atoms with Crippen molar-refractivity contribution in [1.29, 1.82) is 0 Å². The summed E-state index contributed by atoms with van der Waals surface area (Å²) in [5, 5.41) is 0. The van der Waals surface area contributed by atoms with Crippen molar-refractivity contribution >= 4 is 31.9 Å². The monoisotopic (exact) mass is 386 g/mol. The van der Waals surface area contributed by atoms with Gasteiger partial charge in [0, 0.05) is 14.9 Å². The molecule has 0 aliphatic heterocycles. The summed E-state index contributed by atoms with van der Waals surface area (Å²) in [5.74, 6) is 0.607. The minimum Gasteiger partial charge on any atom is -0.496 e. The molecule has 1 atom stereocenters. The molecule has 19 heavy (non-hydrogen) atoms. The van der Waals surface area contributed by atoms with Gasteiger partial charge in [-0.3, -0.25) is 0 Å². The molecule has 2 aromatic carbocycles. The fourth-order valence-corrected chi connectivity index (χ4v) is 2.98. The van der Waals surface area contributed by atoms with Gasteiger partial charge in [-0.05, 0) is 30.2 Å². The van der Waals surface area contributed by atoms with Gasteiger partial charge in [0.25, 0.3) is 0 Å². The molecule has 0 fully saturated rings. The van der Waals surface area contributed by atoms with Crippen molar-refractivity contribution in [3.8, 4) is 5.75 Å². The number of benzene rings is 2. The number of para-hydroxylation sites is 1. The largest absolute Gasteiger partial charge is 0.496 e. The normalized spacial score (nSPS) is 12.2. The average Bonchev–Trinajstić information content (AvgIpc) is 2.39. The number of hydrogen-bond acceptors (Lipinski definition) is 1. The van der Waals surface area contributed by atoms with E-state index in [-0.39, 0.29) is 10.6 Å². The third-order valence-corrected chi connectivity index (χ3v) is 4.20. The lowest BCUT2D eigenvalue weighted by Crippen LogP contribution is -2.00. The van der Waals surface area contributed by atoms with E-state index in [1.807, 2.05) is 30.3 Å². The van der Waals surface area contributed by atoms with Crippen LogP contribution in [0.5, 0.6) is 5.75 Å². The fourth-order valence-electron chi connectivity index (χ4n) is 1.93. The first-order chi connectivity index (χ1) is 9.11. The molecule has 0 aromatic heterocycles. The van der Waals surface area contributed by atoms with Crippen molar-refractivity contribution in [2.75, 3.05) is 7.11 Å². The van der Waals surface area contributed by atoms with Gasteiger partial charge in [0.1, 0.15) is 11.6 Å². The highest BCUT2D eigenvalue weighted by atomic mass is 79.9. The van der Waals surface area contributed by atoms with E-state index in [0.717, 1.165) is 15.8 Å². The highest BCUT2D eigenvalue weighted by Gasteiger charge is 2.15. The Kier molecular flexibility index (Phi) is 4.99. The van der Waals surface area contributed by atoms with Gasteiger partial charge in [0.15, 0.2) is 0 Å². The van der Waals surface area contributed by atoms with Crippen LogP contribution >= 0.6 is 31.9 Å². The Balaban J connectivity index is 2.23. The molecule has 2 rings (SSSR count). The Bertz CT molecular complexity index is 572. The van der Waals surface area contributed by atoms with Crippen LogP contribution in [0, 0.1) is 5.82 Å². The summed E-state index contributed by atoms with van der Waals surface area (Å²) in [6.07, 6.45) is 0.669. The van der Waals surface area contributed by atoms with E-state index in [1.165, 1.54) is 6.07 Å². The van der Waals surface area contributed by atoms with Gasteiger partial charge in [-0.25, -0.2) is 4.39 Å². The maximum absolute atomic E-state index is 13.9. The van der Waals surface area contributed by atoms with Crippen molar-refractivity contribution < 1.29 is 9.13 Å². The van der Waals surface area contributed by atoms with Crippen LogP contribution in [-0.4, -0.2) is 7.11 Å². The molecule has 4 heteroatoms. The van der Waals surface area contributed by atoms with Gasteiger partial charge < -0.3 is 4.74 Å². The Labute approximate surface area is 129 Å². The van der Waals surface area contributed by atoms with Crippen LogP contribution in [0.25, 0.3) is 0 Å². The predicted octanol–water partition coefficient (Wildman–Crippen LogP) is 5.28. The lowest BCUT2D eigenvalue weighted by Gasteiger charge is -2.14. The lowest BCUT2D eigenvalue weighted by molar-refractivity contribution is 0.409. The number of methoxy groups -OCH3 is 1. The van der Waals surface area contributed by atoms with Crippen molar-refractivity contribution in [2.24, 2.45) is 0 Å². The van der Waals surface area contributed by atoms with E-state index in [2.05, 4.69) is 31.9 Å². The maximum Gasteiger partial charge on any atom is 0.128 e. The van der Waals surface area contributed by atoms with Gasteiger partial charge in [-0.1, -0.05) is 56.1 Å². The fraction of sp³-hybridized carbons (Fsp3) is 0.200. The second-order valence-corrected chi connectivity index (χ2v) is 6.17. The quantitative estimate of drug-likeness (QED) is 0.649. The van der Waals surface area contributed by atoms with Crippen LogP contribution in [0.3, 0.4) is 0 Å². The molecule has 0 heterocycles. The zero-order chi connectivity index (χ0) is 13.8. The Hall–Kier alpha value is -0.870. The van der Waals surface area contributed by atoms with Crippen LogP contribution < -0.4 is 4.74 Å². The molecular weight excluding hydrogens is 375 g/mol. The van der Waals surface area contributed by atoms with Crippen molar-refractivity contribution in [1.82, 2.24) is 0 Å². The van der Waals surface area contributed by atoms with E-state index in [9.17, 15) is 4.39 Å². The zero-order valence-electron chi connectivity index (χ0n) is 10.4. The molecule has 0 aliphatic rings. The van der Waals surface area contributed by atoms with E-state index >= 15 is 0 Å². The van der Waals surface area contributed by atoms with Gasteiger partial charge in [0.05, 0.1) is 7.11 Å². The summed E-state index contributed by atoms with van der Waals surface area (Å²) < 4.78 is 19.9. The summed E-state index contributed by atoms with van der Waals surface area (Å²) in [5.41, 5.74) is 1.70. The Morgan fingerprint density at radius 2 is 1.95 bits per heavy atom. The van der Waals surface area contributed by atoms with E-state index in [4.69, 9.17) is 4.74 Å². The zero-order valence-corrected chi connectivity index (χ0v) is 13.5. The molecule has 0 N–H and O–H groups in total. The molecule has 1 nitrogen and oxygen atoms in total. The number of ether oxygens (including phenoxy) is 1. The summed E-state index contributed by atoms with van der Waals surface area (Å²) in [4.78, 5) is -0.0862. The third kappa shape index (κ3) is 3.57. The molecule has 0 radical (unpaired) electrons. The van der Waals surface area contributed by atoms with E-state index in [0.29, 0.717) is 12.0 Å². The van der Waals surface area contributed by atoms with Crippen LogP contribution in [-0.2, 0) is 6.42 Å². The molecule has 0 aliphatic carbocycles. The molecule has 2 aromatic rings. The number of alkyl halides is 1. The van der Waals surface area contributed by atoms with Crippen LogP contribution in [0.4, 0.5) is 4.39 Å². The first-order valence-electron chi connectivity index (χ1n) is 5.82. The van der Waals surface area contributed by atoms with E-state index in [1.54, 1.807) is 13.2 Å². The maximum atomic E-state index is 13.9. The molecular formula is C15H13Br2FO. The second-order valence-electron chi connectivity index (χ2n) is 4.15. The number of halogens is 3. The van der Waals surface area contributed by atoms with Crippen LogP contribution in [0.2, 0.25) is 0 Å². The summed E-state index contributed by atoms with van der Waals surface area (Å²) >= 11 is 6.81. The Morgan fingerprint density at radius 1 is 1.21 bits per heavy atom. The summed E-state index contributed by atoms with van der Waals surface area (Å²) in [7, 11) is 1.64. The summed E-state index contributed by atoms with van der Waals surface area (Å²) in [6.45, 7) is 0. The number of hydrogen-bond donors (Lipinski definition) is 0. The van der Waals surface area contributed by atoms with Gasteiger partial charge in [-0.2, -0.15) is 0 Å². The third-order valence-electron chi connectivity index (χ3n) is 2.89. The highest BCUT2D eigenvalue weighted by Crippen LogP contribution is 2.33. The topological polar surface area (TPSA) is 9.23 Å². The van der Waals surface area contributed by atoms with Gasteiger partial charge >= 0.3 is 0 Å². The van der Waals surface area contributed by atoms with Gasteiger partial charge in [-0.15, -0.1) is 0 Å². The minimum atomic E-state index is -0.217. The summed E-state index contributed by atoms with van der Waals surface area (Å²) in [6, 6.07) is 12.9. The molecule has 0 amide bonds. The minimum absolute atomic E-state index is 0.0862. The molecule has 0 bridgehead atoms. The van der Waals surface area contributed by atoms with Crippen molar-refractivity contribution in [3.05, 3.63) is 63.9 Å². The average molecular weight is 388 g/mol. The van der Waals surface area contributed by atoms with E-state index < -0.39 is 0 Å². The van der Waals surface area contributed by atoms with Crippen molar-refractivity contribution in [3.63, 3.8) is 0 Å². The smallest absolute Gasteiger partial charge is 0.128 e. The predicted molar refractivity (Wildman–Crippen MR) is 82.5 cm³/mol. The highest BCUT2D eigenvalue weighted by molar-refractivity contribution is 9.10. The SMILES string of the molecule is COc1ccccc1CC(Br)c1ccc(Br)cc1F. The van der Waals surface area contributed by atoms with Gasteiger partial charge in [0.2, 0.25) is 0 Å². The molecule has 100 valence electrons. The lowest BCUT2D eigenvalue weighted by atomic mass is 10.0. The number of rotatable bonds is 4. The first-order valence-corrected chi connectivity index (χ1v) is 7.53. The molecule has 0 saturated carbocycles.